The van der Waals surface area contributed by atoms with E-state index >= 15 is 0 Å². The maximum absolute atomic E-state index is 11.9. The van der Waals surface area contributed by atoms with E-state index in [0.29, 0.717) is 36.2 Å². The first-order chi connectivity index (χ1) is 16.8. The van der Waals surface area contributed by atoms with E-state index in [4.69, 9.17) is 4.74 Å². The first kappa shape index (κ1) is 26.7. The fourth-order valence-electron chi connectivity index (χ4n) is 11.8. The molecule has 5 aliphatic rings. The number of carbonyl (C=O) groups is 1. The van der Waals surface area contributed by atoms with Crippen LogP contribution in [0, 0.1) is 56.7 Å². The Kier molecular flexibility index (Phi) is 6.36. The second-order valence-corrected chi connectivity index (χ2v) is 15.0. The number of allylic oxidation sites excluding steroid dienone is 1. The van der Waals surface area contributed by atoms with Crippen LogP contribution in [-0.4, -0.2) is 35.5 Å². The molecule has 0 saturated heterocycles. The zero-order chi connectivity index (χ0) is 26.3. The SMILES string of the molecule is C=C(C)[C@@H]1CC[C@]2(COC(C)=O)CC[C@]3(C)C(CC[C@@H]4[C@@]5(C)CCC(O)[C@@](C)(CO)[C@@H]5CC[C@]43C)[C@@H]12. The topological polar surface area (TPSA) is 66.8 Å². The Morgan fingerprint density at radius 2 is 1.61 bits per heavy atom. The molecule has 36 heavy (non-hydrogen) atoms. The molecule has 0 aromatic carbocycles. The van der Waals surface area contributed by atoms with E-state index in [0.717, 1.165) is 32.1 Å². The Labute approximate surface area is 219 Å². The highest BCUT2D eigenvalue weighted by Crippen LogP contribution is 2.77. The third kappa shape index (κ3) is 3.34. The molecule has 204 valence electrons. The van der Waals surface area contributed by atoms with Gasteiger partial charge in [0, 0.05) is 17.8 Å². The number of esters is 1. The van der Waals surface area contributed by atoms with Crippen LogP contribution < -0.4 is 0 Å². The molecule has 0 radical (unpaired) electrons. The first-order valence-corrected chi connectivity index (χ1v) is 14.9. The fraction of sp³-hybridized carbons (Fsp3) is 0.906. The number of fused-ring (bicyclic) bond motifs is 7. The summed E-state index contributed by atoms with van der Waals surface area (Å²) in [4.78, 5) is 11.9. The van der Waals surface area contributed by atoms with E-state index in [1.807, 2.05) is 0 Å². The van der Waals surface area contributed by atoms with Crippen molar-refractivity contribution in [1.82, 2.24) is 0 Å². The molecule has 0 aromatic heterocycles. The molecule has 4 heteroatoms. The van der Waals surface area contributed by atoms with Crippen LogP contribution in [0.3, 0.4) is 0 Å². The van der Waals surface area contributed by atoms with Gasteiger partial charge < -0.3 is 14.9 Å². The van der Waals surface area contributed by atoms with Gasteiger partial charge in [0.15, 0.2) is 0 Å². The van der Waals surface area contributed by atoms with Gasteiger partial charge in [-0.25, -0.2) is 0 Å². The predicted octanol–water partition coefficient (Wildman–Crippen LogP) is 6.54. The van der Waals surface area contributed by atoms with Gasteiger partial charge in [-0.05, 0) is 117 Å². The van der Waals surface area contributed by atoms with Gasteiger partial charge in [0.05, 0.1) is 19.3 Å². The Hall–Kier alpha value is -0.870. The van der Waals surface area contributed by atoms with Gasteiger partial charge in [0.25, 0.3) is 0 Å². The molecule has 4 nitrogen and oxygen atoms in total. The maximum atomic E-state index is 11.9. The lowest BCUT2D eigenvalue weighted by molar-refractivity contribution is -0.255. The quantitative estimate of drug-likeness (QED) is 0.340. The molecule has 0 heterocycles. The van der Waals surface area contributed by atoms with Crippen LogP contribution in [0.15, 0.2) is 12.2 Å². The third-order valence-corrected chi connectivity index (χ3v) is 13.9. The van der Waals surface area contributed by atoms with Gasteiger partial charge in [-0.15, -0.1) is 0 Å². The van der Waals surface area contributed by atoms with Gasteiger partial charge in [0.2, 0.25) is 0 Å². The second kappa shape index (κ2) is 8.57. The van der Waals surface area contributed by atoms with E-state index in [-0.39, 0.29) is 34.2 Å². The highest BCUT2D eigenvalue weighted by Gasteiger charge is 2.71. The highest BCUT2D eigenvalue weighted by atomic mass is 16.5. The van der Waals surface area contributed by atoms with Gasteiger partial charge in [-0.1, -0.05) is 39.8 Å². The molecule has 0 spiro atoms. The number of carbonyl (C=O) groups excluding carboxylic acids is 1. The summed E-state index contributed by atoms with van der Waals surface area (Å²) >= 11 is 0. The van der Waals surface area contributed by atoms with E-state index in [1.165, 1.54) is 37.7 Å². The minimum Gasteiger partial charge on any atom is -0.465 e. The van der Waals surface area contributed by atoms with Crippen molar-refractivity contribution in [3.05, 3.63) is 12.2 Å². The molecule has 0 amide bonds. The average Bonchev–Trinajstić information content (AvgIpc) is 3.21. The normalized spacial score (nSPS) is 54.0. The molecule has 2 unspecified atom stereocenters. The Balaban J connectivity index is 1.53. The van der Waals surface area contributed by atoms with Crippen LogP contribution in [0.5, 0.6) is 0 Å². The van der Waals surface area contributed by atoms with Gasteiger partial charge in [-0.2, -0.15) is 0 Å². The minimum atomic E-state index is -0.400. The highest BCUT2D eigenvalue weighted by molar-refractivity contribution is 5.65. The van der Waals surface area contributed by atoms with Crippen LogP contribution in [0.2, 0.25) is 0 Å². The van der Waals surface area contributed by atoms with Crippen molar-refractivity contribution in [1.29, 1.82) is 0 Å². The zero-order valence-corrected chi connectivity index (χ0v) is 23.9. The molecular formula is C32H52O4. The van der Waals surface area contributed by atoms with Crippen LogP contribution >= 0.6 is 0 Å². The smallest absolute Gasteiger partial charge is 0.302 e. The molecular weight excluding hydrogens is 448 g/mol. The van der Waals surface area contributed by atoms with E-state index < -0.39 is 11.5 Å². The zero-order valence-electron chi connectivity index (χ0n) is 23.9. The lowest BCUT2D eigenvalue weighted by Gasteiger charge is -2.73. The largest absolute Gasteiger partial charge is 0.465 e. The number of hydrogen-bond donors (Lipinski definition) is 2. The van der Waals surface area contributed by atoms with Crippen LogP contribution in [0.1, 0.15) is 106 Å². The molecule has 5 rings (SSSR count). The van der Waals surface area contributed by atoms with Gasteiger partial charge >= 0.3 is 5.97 Å². The first-order valence-electron chi connectivity index (χ1n) is 14.9. The van der Waals surface area contributed by atoms with Crippen LogP contribution in [-0.2, 0) is 9.53 Å². The number of aliphatic hydroxyl groups is 2. The second-order valence-electron chi connectivity index (χ2n) is 15.0. The Morgan fingerprint density at radius 1 is 0.889 bits per heavy atom. The summed E-state index contributed by atoms with van der Waals surface area (Å²) in [7, 11) is 0. The molecule has 5 aliphatic carbocycles. The van der Waals surface area contributed by atoms with Crippen molar-refractivity contribution in [3.63, 3.8) is 0 Å². The van der Waals surface area contributed by atoms with Crippen LogP contribution in [0.25, 0.3) is 0 Å². The van der Waals surface area contributed by atoms with Crippen molar-refractivity contribution in [2.75, 3.05) is 13.2 Å². The van der Waals surface area contributed by atoms with Crippen molar-refractivity contribution < 1.29 is 19.7 Å². The van der Waals surface area contributed by atoms with Gasteiger partial charge in [-0.3, -0.25) is 4.79 Å². The van der Waals surface area contributed by atoms with Crippen LogP contribution in [0.4, 0.5) is 0 Å². The Morgan fingerprint density at radius 3 is 2.25 bits per heavy atom. The molecule has 0 aliphatic heterocycles. The maximum Gasteiger partial charge on any atom is 0.302 e. The summed E-state index contributed by atoms with van der Waals surface area (Å²) in [5, 5.41) is 21.4. The Bertz CT molecular complexity index is 914. The molecule has 5 saturated carbocycles. The average molecular weight is 501 g/mol. The van der Waals surface area contributed by atoms with E-state index in [9.17, 15) is 15.0 Å². The number of aliphatic hydroxyl groups excluding tert-OH is 2. The number of ether oxygens (including phenoxy) is 1. The molecule has 0 bridgehead atoms. The molecule has 5 fully saturated rings. The van der Waals surface area contributed by atoms with Crippen molar-refractivity contribution in [3.8, 4) is 0 Å². The summed E-state index contributed by atoms with van der Waals surface area (Å²) in [5.41, 5.74) is 1.68. The number of hydrogen-bond acceptors (Lipinski definition) is 4. The minimum absolute atomic E-state index is 0.0821. The van der Waals surface area contributed by atoms with E-state index in [1.54, 1.807) is 6.92 Å². The summed E-state index contributed by atoms with van der Waals surface area (Å²) in [6, 6.07) is 0. The molecule has 11 atom stereocenters. The lowest BCUT2D eigenvalue weighted by Crippen LogP contribution is -2.67. The summed E-state index contributed by atoms with van der Waals surface area (Å²) in [5.74, 6) is 2.55. The van der Waals surface area contributed by atoms with Crippen molar-refractivity contribution in [2.45, 2.75) is 112 Å². The molecule has 2 N–H and O–H groups in total. The monoisotopic (exact) mass is 500 g/mol. The number of rotatable bonds is 4. The lowest BCUT2D eigenvalue weighted by atomic mass is 9.32. The van der Waals surface area contributed by atoms with Crippen molar-refractivity contribution in [2.24, 2.45) is 56.7 Å². The van der Waals surface area contributed by atoms with Gasteiger partial charge in [0.1, 0.15) is 0 Å². The predicted molar refractivity (Wildman–Crippen MR) is 143 cm³/mol. The summed E-state index contributed by atoms with van der Waals surface area (Å²) in [6.45, 7) is 18.8. The van der Waals surface area contributed by atoms with E-state index in [2.05, 4.69) is 41.2 Å². The van der Waals surface area contributed by atoms with Crippen molar-refractivity contribution >= 4 is 5.97 Å². The summed E-state index contributed by atoms with van der Waals surface area (Å²) < 4.78 is 5.77. The standard InChI is InChI=1S/C32H52O4/c1-20(2)22-10-15-32(19-36-21(3)34)17-16-30(6)23(27(22)32)8-9-25-28(4)13-12-26(35)29(5,18-33)24(28)11-14-31(25,30)7/h22-27,33,35H,1,8-19H2,2-7H3/t22-,23?,24+,25+,26?,27+,28-,29-,30+,31+,32+/m0/s1. The summed E-state index contributed by atoms with van der Waals surface area (Å²) in [6.07, 6.45) is 11.0. The molecule has 0 aromatic rings. The third-order valence-electron chi connectivity index (χ3n) is 13.9. The fourth-order valence-corrected chi connectivity index (χ4v) is 11.8.